The summed E-state index contributed by atoms with van der Waals surface area (Å²) in [5.74, 6) is 1.06. The standard InChI is InChI=1S/C13H19N3/c1-4-16(5-2)9-13-14-11-7-6-10(3)8-12(11)15-13/h6-8H,4-5,9H2,1-3H3,(H,14,15). The molecular weight excluding hydrogens is 198 g/mol. The first-order chi connectivity index (χ1) is 7.72. The maximum Gasteiger partial charge on any atom is 0.121 e. The van der Waals surface area contributed by atoms with Crippen molar-refractivity contribution in [2.45, 2.75) is 27.3 Å². The first-order valence-corrected chi connectivity index (χ1v) is 5.90. The second-order valence-electron chi connectivity index (χ2n) is 4.17. The van der Waals surface area contributed by atoms with Crippen molar-refractivity contribution in [2.24, 2.45) is 0 Å². The van der Waals surface area contributed by atoms with Crippen molar-refractivity contribution in [1.29, 1.82) is 0 Å². The topological polar surface area (TPSA) is 31.9 Å². The van der Waals surface area contributed by atoms with Crippen LogP contribution in [0.1, 0.15) is 25.2 Å². The fourth-order valence-corrected chi connectivity index (χ4v) is 1.91. The van der Waals surface area contributed by atoms with Gasteiger partial charge in [0.05, 0.1) is 17.6 Å². The Labute approximate surface area is 96.5 Å². The third kappa shape index (κ3) is 2.25. The Bertz CT molecular complexity index is 469. The lowest BCUT2D eigenvalue weighted by Gasteiger charge is -2.15. The maximum atomic E-state index is 4.59. The van der Waals surface area contributed by atoms with E-state index >= 15 is 0 Å². The maximum absolute atomic E-state index is 4.59. The number of benzene rings is 1. The van der Waals surface area contributed by atoms with E-state index in [0.717, 1.165) is 36.5 Å². The van der Waals surface area contributed by atoms with Crippen molar-refractivity contribution < 1.29 is 0 Å². The van der Waals surface area contributed by atoms with Gasteiger partial charge in [-0.05, 0) is 37.7 Å². The van der Waals surface area contributed by atoms with E-state index in [9.17, 15) is 0 Å². The van der Waals surface area contributed by atoms with Crippen LogP contribution in [0.2, 0.25) is 0 Å². The first kappa shape index (κ1) is 11.1. The number of aryl methyl sites for hydroxylation is 1. The zero-order chi connectivity index (χ0) is 11.5. The summed E-state index contributed by atoms with van der Waals surface area (Å²) in [6.07, 6.45) is 0. The highest BCUT2D eigenvalue weighted by Crippen LogP contribution is 2.14. The summed E-state index contributed by atoms with van der Waals surface area (Å²) < 4.78 is 0. The molecule has 16 heavy (non-hydrogen) atoms. The minimum absolute atomic E-state index is 0.903. The molecule has 0 aliphatic carbocycles. The van der Waals surface area contributed by atoms with Gasteiger partial charge in [0.15, 0.2) is 0 Å². The fourth-order valence-electron chi connectivity index (χ4n) is 1.91. The Hall–Kier alpha value is -1.35. The number of imidazole rings is 1. The monoisotopic (exact) mass is 217 g/mol. The summed E-state index contributed by atoms with van der Waals surface area (Å²) >= 11 is 0. The zero-order valence-electron chi connectivity index (χ0n) is 10.2. The summed E-state index contributed by atoms with van der Waals surface area (Å²) in [6, 6.07) is 6.32. The van der Waals surface area contributed by atoms with Crippen molar-refractivity contribution in [3.05, 3.63) is 29.6 Å². The van der Waals surface area contributed by atoms with E-state index in [1.165, 1.54) is 5.56 Å². The van der Waals surface area contributed by atoms with Gasteiger partial charge in [-0.1, -0.05) is 19.9 Å². The van der Waals surface area contributed by atoms with Crippen LogP contribution in [-0.2, 0) is 6.54 Å². The van der Waals surface area contributed by atoms with Gasteiger partial charge in [0.25, 0.3) is 0 Å². The van der Waals surface area contributed by atoms with Gasteiger partial charge in [0.2, 0.25) is 0 Å². The normalized spacial score (nSPS) is 11.5. The van der Waals surface area contributed by atoms with E-state index < -0.39 is 0 Å². The van der Waals surface area contributed by atoms with Crippen LogP contribution in [0, 0.1) is 6.92 Å². The zero-order valence-corrected chi connectivity index (χ0v) is 10.2. The number of nitrogens with zero attached hydrogens (tertiary/aromatic N) is 2. The molecule has 1 aromatic carbocycles. The lowest BCUT2D eigenvalue weighted by atomic mass is 10.2. The molecule has 0 aliphatic heterocycles. The van der Waals surface area contributed by atoms with Gasteiger partial charge >= 0.3 is 0 Å². The quantitative estimate of drug-likeness (QED) is 0.854. The third-order valence-corrected chi connectivity index (χ3v) is 2.95. The van der Waals surface area contributed by atoms with Crippen LogP contribution in [0.5, 0.6) is 0 Å². The molecule has 0 aliphatic rings. The molecule has 2 rings (SSSR count). The summed E-state index contributed by atoms with van der Waals surface area (Å²) in [6.45, 7) is 9.48. The van der Waals surface area contributed by atoms with E-state index in [1.54, 1.807) is 0 Å². The summed E-state index contributed by atoms with van der Waals surface area (Å²) in [4.78, 5) is 10.3. The molecule has 1 N–H and O–H groups in total. The molecule has 1 aromatic heterocycles. The van der Waals surface area contributed by atoms with E-state index in [-0.39, 0.29) is 0 Å². The lowest BCUT2D eigenvalue weighted by Crippen LogP contribution is -2.22. The molecule has 1 heterocycles. The Balaban J connectivity index is 2.25. The van der Waals surface area contributed by atoms with Gasteiger partial charge in [-0.15, -0.1) is 0 Å². The lowest BCUT2D eigenvalue weighted by molar-refractivity contribution is 0.289. The number of fused-ring (bicyclic) bond motifs is 1. The van der Waals surface area contributed by atoms with Crippen molar-refractivity contribution in [3.8, 4) is 0 Å². The van der Waals surface area contributed by atoms with Crippen LogP contribution in [0.25, 0.3) is 11.0 Å². The van der Waals surface area contributed by atoms with Crippen LogP contribution in [0.3, 0.4) is 0 Å². The number of hydrogen-bond donors (Lipinski definition) is 1. The molecule has 0 bridgehead atoms. The van der Waals surface area contributed by atoms with E-state index in [1.807, 2.05) is 0 Å². The number of hydrogen-bond acceptors (Lipinski definition) is 2. The Morgan fingerprint density at radius 2 is 2.00 bits per heavy atom. The predicted octanol–water partition coefficient (Wildman–Crippen LogP) is 2.71. The summed E-state index contributed by atoms with van der Waals surface area (Å²) in [5.41, 5.74) is 3.47. The van der Waals surface area contributed by atoms with Crippen molar-refractivity contribution in [3.63, 3.8) is 0 Å². The summed E-state index contributed by atoms with van der Waals surface area (Å²) in [7, 11) is 0. The molecule has 0 unspecified atom stereocenters. The third-order valence-electron chi connectivity index (χ3n) is 2.95. The van der Waals surface area contributed by atoms with Gasteiger partial charge in [-0.2, -0.15) is 0 Å². The number of aromatic amines is 1. The van der Waals surface area contributed by atoms with Crippen LogP contribution in [0.4, 0.5) is 0 Å². The molecule has 0 fully saturated rings. The predicted molar refractivity (Wildman–Crippen MR) is 67.5 cm³/mol. The van der Waals surface area contributed by atoms with Gasteiger partial charge in [0, 0.05) is 0 Å². The minimum Gasteiger partial charge on any atom is -0.341 e. The molecule has 0 saturated carbocycles. The largest absolute Gasteiger partial charge is 0.341 e. The van der Waals surface area contributed by atoms with Crippen molar-refractivity contribution in [1.82, 2.24) is 14.9 Å². The Kier molecular flexibility index (Phi) is 3.25. The first-order valence-electron chi connectivity index (χ1n) is 5.90. The van der Waals surface area contributed by atoms with Crippen LogP contribution in [0.15, 0.2) is 18.2 Å². The van der Waals surface area contributed by atoms with E-state index in [2.05, 4.69) is 53.8 Å². The number of nitrogens with one attached hydrogen (secondary N) is 1. The van der Waals surface area contributed by atoms with Crippen LogP contribution in [-0.4, -0.2) is 28.0 Å². The van der Waals surface area contributed by atoms with Gasteiger partial charge in [0.1, 0.15) is 5.82 Å². The van der Waals surface area contributed by atoms with E-state index in [4.69, 9.17) is 0 Å². The molecule has 3 heteroatoms. The number of H-pyrrole nitrogens is 1. The minimum atomic E-state index is 0.903. The van der Waals surface area contributed by atoms with Gasteiger partial charge in [-0.25, -0.2) is 4.98 Å². The summed E-state index contributed by atoms with van der Waals surface area (Å²) in [5, 5.41) is 0. The number of rotatable bonds is 4. The molecule has 2 aromatic rings. The molecule has 0 spiro atoms. The van der Waals surface area contributed by atoms with Gasteiger partial charge in [-0.3, -0.25) is 4.90 Å². The highest BCUT2D eigenvalue weighted by molar-refractivity contribution is 5.75. The molecule has 0 radical (unpaired) electrons. The molecule has 0 amide bonds. The molecular formula is C13H19N3. The Morgan fingerprint density at radius 3 is 2.69 bits per heavy atom. The molecule has 3 nitrogen and oxygen atoms in total. The molecule has 0 atom stereocenters. The van der Waals surface area contributed by atoms with Crippen molar-refractivity contribution >= 4 is 11.0 Å². The highest BCUT2D eigenvalue weighted by Gasteiger charge is 2.06. The fraction of sp³-hybridized carbons (Fsp3) is 0.462. The average molecular weight is 217 g/mol. The molecule has 86 valence electrons. The second kappa shape index (κ2) is 4.66. The van der Waals surface area contributed by atoms with Crippen LogP contribution >= 0.6 is 0 Å². The smallest absolute Gasteiger partial charge is 0.121 e. The van der Waals surface area contributed by atoms with Crippen molar-refractivity contribution in [2.75, 3.05) is 13.1 Å². The second-order valence-corrected chi connectivity index (χ2v) is 4.17. The highest BCUT2D eigenvalue weighted by atomic mass is 15.1. The van der Waals surface area contributed by atoms with Gasteiger partial charge < -0.3 is 4.98 Å². The number of aromatic nitrogens is 2. The van der Waals surface area contributed by atoms with E-state index in [0.29, 0.717) is 0 Å². The Morgan fingerprint density at radius 1 is 1.25 bits per heavy atom. The molecule has 0 saturated heterocycles. The van der Waals surface area contributed by atoms with Crippen LogP contribution < -0.4 is 0 Å². The average Bonchev–Trinajstić information content (AvgIpc) is 2.67. The SMILES string of the molecule is CCN(CC)Cc1nc2ccc(C)cc2[nH]1.